The standard InChI is InChI=1S/C17H15N3/c1-12-11-14(9-10-16(12)18)19-20-17-8-4-6-13-5-2-3-7-15(13)17/h2-11H,18H2,1H3. The van der Waals surface area contributed by atoms with Crippen LogP contribution in [0.2, 0.25) is 0 Å². The molecule has 20 heavy (non-hydrogen) atoms. The number of nitrogens with two attached hydrogens (primary N) is 1. The Bertz CT molecular complexity index is 786. The Labute approximate surface area is 117 Å². The summed E-state index contributed by atoms with van der Waals surface area (Å²) >= 11 is 0. The van der Waals surface area contributed by atoms with Crippen LogP contribution in [0, 0.1) is 6.92 Å². The number of nitrogens with zero attached hydrogens (tertiary/aromatic N) is 2. The van der Waals surface area contributed by atoms with Gasteiger partial charge in [0.25, 0.3) is 0 Å². The van der Waals surface area contributed by atoms with Crippen molar-refractivity contribution in [3.8, 4) is 0 Å². The zero-order chi connectivity index (χ0) is 13.9. The molecule has 0 aliphatic heterocycles. The van der Waals surface area contributed by atoms with Gasteiger partial charge in [0.15, 0.2) is 0 Å². The van der Waals surface area contributed by atoms with E-state index in [2.05, 4.69) is 28.4 Å². The Morgan fingerprint density at radius 3 is 2.50 bits per heavy atom. The molecule has 0 saturated heterocycles. The first-order valence-electron chi connectivity index (χ1n) is 6.50. The lowest BCUT2D eigenvalue weighted by atomic mass is 10.1. The van der Waals surface area contributed by atoms with Crippen molar-refractivity contribution in [3.63, 3.8) is 0 Å². The number of azo groups is 1. The monoisotopic (exact) mass is 261 g/mol. The summed E-state index contributed by atoms with van der Waals surface area (Å²) in [7, 11) is 0. The molecule has 0 aliphatic carbocycles. The number of aryl methyl sites for hydroxylation is 1. The summed E-state index contributed by atoms with van der Waals surface area (Å²) in [5.74, 6) is 0. The predicted molar refractivity (Wildman–Crippen MR) is 83.7 cm³/mol. The number of nitrogen functional groups attached to an aromatic ring is 1. The topological polar surface area (TPSA) is 50.7 Å². The summed E-state index contributed by atoms with van der Waals surface area (Å²) in [6.07, 6.45) is 0. The van der Waals surface area contributed by atoms with Crippen molar-refractivity contribution < 1.29 is 0 Å². The molecule has 0 unspecified atom stereocenters. The fraction of sp³-hybridized carbons (Fsp3) is 0.0588. The molecule has 98 valence electrons. The van der Waals surface area contributed by atoms with Gasteiger partial charge in [0.1, 0.15) is 0 Å². The second-order valence-corrected chi connectivity index (χ2v) is 4.74. The third-order valence-electron chi connectivity index (χ3n) is 3.29. The number of hydrogen-bond donors (Lipinski definition) is 1. The highest BCUT2D eigenvalue weighted by Gasteiger charge is 1.99. The normalized spacial score (nSPS) is 11.2. The molecule has 0 aliphatic rings. The van der Waals surface area contributed by atoms with E-state index in [9.17, 15) is 0 Å². The van der Waals surface area contributed by atoms with Crippen LogP contribution < -0.4 is 5.73 Å². The van der Waals surface area contributed by atoms with Crippen LogP contribution in [0.25, 0.3) is 10.8 Å². The van der Waals surface area contributed by atoms with Gasteiger partial charge in [-0.1, -0.05) is 36.4 Å². The van der Waals surface area contributed by atoms with E-state index in [4.69, 9.17) is 5.73 Å². The maximum atomic E-state index is 5.80. The van der Waals surface area contributed by atoms with Crippen molar-refractivity contribution in [2.24, 2.45) is 10.2 Å². The quantitative estimate of drug-likeness (QED) is 0.503. The highest BCUT2D eigenvalue weighted by Crippen LogP contribution is 2.28. The molecule has 3 aromatic carbocycles. The molecule has 3 aromatic rings. The van der Waals surface area contributed by atoms with Gasteiger partial charge in [0, 0.05) is 11.1 Å². The molecule has 0 saturated carbocycles. The SMILES string of the molecule is Cc1cc(N=Nc2cccc3ccccc23)ccc1N. The van der Waals surface area contributed by atoms with Crippen molar-refractivity contribution in [2.75, 3.05) is 5.73 Å². The third-order valence-corrected chi connectivity index (χ3v) is 3.29. The molecule has 0 atom stereocenters. The zero-order valence-corrected chi connectivity index (χ0v) is 11.2. The smallest absolute Gasteiger partial charge is 0.0935 e. The Kier molecular flexibility index (Phi) is 3.17. The first-order chi connectivity index (χ1) is 9.74. The van der Waals surface area contributed by atoms with Gasteiger partial charge in [-0.25, -0.2) is 0 Å². The summed E-state index contributed by atoms with van der Waals surface area (Å²) < 4.78 is 0. The lowest BCUT2D eigenvalue weighted by molar-refractivity contribution is 1.23. The van der Waals surface area contributed by atoms with Crippen LogP contribution in [0.5, 0.6) is 0 Å². The molecule has 0 spiro atoms. The number of fused-ring (bicyclic) bond motifs is 1. The summed E-state index contributed by atoms with van der Waals surface area (Å²) in [6, 6.07) is 19.8. The summed E-state index contributed by atoms with van der Waals surface area (Å²) in [6.45, 7) is 1.96. The zero-order valence-electron chi connectivity index (χ0n) is 11.2. The van der Waals surface area contributed by atoms with Gasteiger partial charge in [-0.05, 0) is 42.1 Å². The van der Waals surface area contributed by atoms with Gasteiger partial charge in [0.05, 0.1) is 11.4 Å². The predicted octanol–water partition coefficient (Wildman–Crippen LogP) is 5.15. The average molecular weight is 261 g/mol. The van der Waals surface area contributed by atoms with Gasteiger partial charge in [-0.15, -0.1) is 5.11 Å². The van der Waals surface area contributed by atoms with Gasteiger partial charge >= 0.3 is 0 Å². The van der Waals surface area contributed by atoms with Crippen molar-refractivity contribution in [3.05, 3.63) is 66.2 Å². The van der Waals surface area contributed by atoms with E-state index in [0.29, 0.717) is 0 Å². The Balaban J connectivity index is 2.00. The molecule has 0 amide bonds. The van der Waals surface area contributed by atoms with Crippen molar-refractivity contribution in [2.45, 2.75) is 6.92 Å². The highest BCUT2D eigenvalue weighted by atomic mass is 15.1. The number of anilines is 1. The van der Waals surface area contributed by atoms with Gasteiger partial charge in [-0.3, -0.25) is 0 Å². The van der Waals surface area contributed by atoms with Crippen LogP contribution in [0.3, 0.4) is 0 Å². The van der Waals surface area contributed by atoms with Crippen molar-refractivity contribution in [1.29, 1.82) is 0 Å². The first-order valence-corrected chi connectivity index (χ1v) is 6.50. The van der Waals surface area contributed by atoms with Crippen molar-refractivity contribution in [1.82, 2.24) is 0 Å². The fourth-order valence-corrected chi connectivity index (χ4v) is 2.13. The molecule has 0 aromatic heterocycles. The minimum Gasteiger partial charge on any atom is -0.399 e. The van der Waals surface area contributed by atoms with Crippen LogP contribution in [0.15, 0.2) is 70.9 Å². The largest absolute Gasteiger partial charge is 0.399 e. The van der Waals surface area contributed by atoms with Crippen LogP contribution >= 0.6 is 0 Å². The van der Waals surface area contributed by atoms with Gasteiger partial charge in [0.2, 0.25) is 0 Å². The third kappa shape index (κ3) is 2.38. The lowest BCUT2D eigenvalue weighted by Crippen LogP contribution is -1.87. The van der Waals surface area contributed by atoms with Crippen molar-refractivity contribution >= 4 is 27.8 Å². The maximum Gasteiger partial charge on any atom is 0.0935 e. The Morgan fingerprint density at radius 1 is 0.850 bits per heavy atom. The molecule has 3 nitrogen and oxygen atoms in total. The highest BCUT2D eigenvalue weighted by molar-refractivity contribution is 5.92. The average Bonchev–Trinajstić information content (AvgIpc) is 2.48. The number of hydrogen-bond acceptors (Lipinski definition) is 3. The minimum atomic E-state index is 0.772. The van der Waals surface area contributed by atoms with E-state index in [-0.39, 0.29) is 0 Å². The van der Waals surface area contributed by atoms with E-state index in [1.807, 2.05) is 49.4 Å². The minimum absolute atomic E-state index is 0.772. The molecule has 3 rings (SSSR count). The van der Waals surface area contributed by atoms with Crippen LogP contribution in [-0.2, 0) is 0 Å². The first kappa shape index (κ1) is 12.4. The maximum absolute atomic E-state index is 5.80. The lowest BCUT2D eigenvalue weighted by Gasteiger charge is -2.01. The van der Waals surface area contributed by atoms with E-state index in [1.54, 1.807) is 0 Å². The molecular formula is C17H15N3. The second kappa shape index (κ2) is 5.13. The van der Waals surface area contributed by atoms with Crippen LogP contribution in [0.1, 0.15) is 5.56 Å². The molecule has 0 bridgehead atoms. The van der Waals surface area contributed by atoms with Crippen LogP contribution in [0.4, 0.5) is 17.1 Å². The number of rotatable bonds is 2. The Morgan fingerprint density at radius 2 is 1.65 bits per heavy atom. The molecule has 3 heteroatoms. The van der Waals surface area contributed by atoms with Gasteiger partial charge in [-0.2, -0.15) is 5.11 Å². The van der Waals surface area contributed by atoms with E-state index in [1.165, 1.54) is 0 Å². The Hall–Kier alpha value is -2.68. The van der Waals surface area contributed by atoms with E-state index >= 15 is 0 Å². The summed E-state index contributed by atoms with van der Waals surface area (Å²) in [4.78, 5) is 0. The summed E-state index contributed by atoms with van der Waals surface area (Å²) in [5, 5.41) is 10.9. The molecule has 0 heterocycles. The fourth-order valence-electron chi connectivity index (χ4n) is 2.13. The van der Waals surface area contributed by atoms with Crippen LogP contribution in [-0.4, -0.2) is 0 Å². The number of benzene rings is 3. The van der Waals surface area contributed by atoms with Gasteiger partial charge < -0.3 is 5.73 Å². The molecular weight excluding hydrogens is 246 g/mol. The molecule has 2 N–H and O–H groups in total. The summed E-state index contributed by atoms with van der Waals surface area (Å²) in [5.41, 5.74) is 9.27. The van der Waals surface area contributed by atoms with E-state index in [0.717, 1.165) is 33.4 Å². The molecule has 0 fully saturated rings. The van der Waals surface area contributed by atoms with E-state index < -0.39 is 0 Å². The second-order valence-electron chi connectivity index (χ2n) is 4.74. The molecule has 0 radical (unpaired) electrons.